The molecule has 0 spiro atoms. The predicted molar refractivity (Wildman–Crippen MR) is 116 cm³/mol. The van der Waals surface area contributed by atoms with E-state index in [0.717, 1.165) is 48.4 Å². The summed E-state index contributed by atoms with van der Waals surface area (Å²) in [4.78, 5) is 7.23. The lowest BCUT2D eigenvalue weighted by molar-refractivity contribution is -0.0713. The van der Waals surface area contributed by atoms with Crippen molar-refractivity contribution in [3.8, 4) is 23.1 Å². The Bertz CT molecular complexity index is 1080. The fourth-order valence-electron chi connectivity index (χ4n) is 4.50. The Morgan fingerprint density at radius 1 is 1.03 bits per heavy atom. The van der Waals surface area contributed by atoms with Crippen LogP contribution < -0.4 is 0 Å². The largest absolute Gasteiger partial charge is 0.376 e. The first-order valence-electron chi connectivity index (χ1n) is 10.5. The maximum Gasteiger partial charge on any atom is 0.141 e. The highest BCUT2D eigenvalue weighted by Gasteiger charge is 2.44. The molecule has 1 atom stereocenters. The number of benzene rings is 1. The summed E-state index contributed by atoms with van der Waals surface area (Å²) in [5, 5.41) is 19.0. The van der Waals surface area contributed by atoms with Crippen LogP contribution in [0.5, 0.6) is 0 Å². The van der Waals surface area contributed by atoms with Gasteiger partial charge in [-0.1, -0.05) is 42.2 Å². The third-order valence-electron chi connectivity index (χ3n) is 6.21. The first kappa shape index (κ1) is 18.9. The molecule has 5 nitrogen and oxygen atoms in total. The summed E-state index contributed by atoms with van der Waals surface area (Å²) >= 11 is 0. The second-order valence-electron chi connectivity index (χ2n) is 8.21. The van der Waals surface area contributed by atoms with Gasteiger partial charge in [-0.25, -0.2) is 0 Å². The Hall–Kier alpha value is -3.07. The Morgan fingerprint density at radius 3 is 2.57 bits per heavy atom. The van der Waals surface area contributed by atoms with Crippen LogP contribution in [0.15, 0.2) is 60.9 Å². The Morgan fingerprint density at radius 2 is 1.87 bits per heavy atom. The van der Waals surface area contributed by atoms with Crippen molar-refractivity contribution in [2.45, 2.75) is 24.9 Å². The van der Waals surface area contributed by atoms with Gasteiger partial charge in [0.15, 0.2) is 0 Å². The van der Waals surface area contributed by atoms with Gasteiger partial charge in [0.2, 0.25) is 0 Å². The second-order valence-corrected chi connectivity index (χ2v) is 8.21. The number of hydrogen-bond acceptors (Lipinski definition) is 5. The monoisotopic (exact) mass is 396 g/mol. The topological polar surface area (TPSA) is 62.1 Å². The van der Waals surface area contributed by atoms with Crippen LogP contribution in [0.4, 0.5) is 0 Å². The molecule has 5 heteroatoms. The van der Waals surface area contributed by atoms with Crippen molar-refractivity contribution >= 4 is 0 Å². The molecular weight excluding hydrogens is 372 g/mol. The van der Waals surface area contributed by atoms with Gasteiger partial charge in [-0.15, -0.1) is 0 Å². The van der Waals surface area contributed by atoms with Crippen molar-refractivity contribution < 1.29 is 5.11 Å². The van der Waals surface area contributed by atoms with Gasteiger partial charge in [0.05, 0.1) is 23.8 Å². The van der Waals surface area contributed by atoms with Gasteiger partial charge in [-0.05, 0) is 49.7 Å². The van der Waals surface area contributed by atoms with Gasteiger partial charge < -0.3 is 5.11 Å². The van der Waals surface area contributed by atoms with Gasteiger partial charge in [0.1, 0.15) is 5.60 Å². The Kier molecular flexibility index (Phi) is 5.04. The molecule has 30 heavy (non-hydrogen) atoms. The average Bonchev–Trinajstić information content (AvgIpc) is 2.80. The van der Waals surface area contributed by atoms with Gasteiger partial charge in [0, 0.05) is 30.0 Å². The molecule has 2 bridgehead atoms. The molecule has 1 N–H and O–H groups in total. The van der Waals surface area contributed by atoms with E-state index in [1.54, 1.807) is 12.4 Å². The van der Waals surface area contributed by atoms with E-state index in [1.165, 1.54) is 5.56 Å². The summed E-state index contributed by atoms with van der Waals surface area (Å²) in [5.41, 5.74) is 3.81. The van der Waals surface area contributed by atoms with Crippen molar-refractivity contribution in [2.75, 3.05) is 19.6 Å². The molecule has 5 heterocycles. The SMILES string of the molecule is OC1(C#Cc2ccc(-c3ccnnc3)nc2Cc2ccccc2)CN2CCC1CC2. The van der Waals surface area contributed by atoms with Crippen LogP contribution in [0.3, 0.4) is 0 Å². The molecule has 3 saturated heterocycles. The number of fused-ring (bicyclic) bond motifs is 3. The third kappa shape index (κ3) is 3.85. The summed E-state index contributed by atoms with van der Waals surface area (Å²) in [5.74, 6) is 6.79. The number of nitrogens with zero attached hydrogens (tertiary/aromatic N) is 4. The summed E-state index contributed by atoms with van der Waals surface area (Å²) in [6.45, 7) is 2.79. The minimum atomic E-state index is -0.922. The fraction of sp³-hybridized carbons (Fsp3) is 0.320. The minimum absolute atomic E-state index is 0.266. The van der Waals surface area contributed by atoms with Crippen LogP contribution in [0, 0.1) is 17.8 Å². The van der Waals surface area contributed by atoms with E-state index < -0.39 is 5.60 Å². The lowest BCUT2D eigenvalue weighted by Gasteiger charge is -2.47. The molecule has 3 aliphatic heterocycles. The lowest BCUT2D eigenvalue weighted by Crippen LogP contribution is -2.58. The van der Waals surface area contributed by atoms with Crippen LogP contribution in [-0.4, -0.2) is 50.4 Å². The molecule has 0 saturated carbocycles. The molecular formula is C25H24N4O. The zero-order valence-corrected chi connectivity index (χ0v) is 16.8. The molecule has 3 aromatic rings. The van der Waals surface area contributed by atoms with E-state index in [0.29, 0.717) is 13.0 Å². The second kappa shape index (κ2) is 7.98. The molecule has 3 aliphatic rings. The summed E-state index contributed by atoms with van der Waals surface area (Å²) in [7, 11) is 0. The first-order chi connectivity index (χ1) is 14.7. The van der Waals surface area contributed by atoms with Gasteiger partial charge in [-0.3, -0.25) is 9.88 Å². The van der Waals surface area contributed by atoms with Crippen LogP contribution in [0.25, 0.3) is 11.3 Å². The van der Waals surface area contributed by atoms with Crippen molar-refractivity contribution in [3.05, 3.63) is 77.7 Å². The highest BCUT2D eigenvalue weighted by molar-refractivity contribution is 5.59. The summed E-state index contributed by atoms with van der Waals surface area (Å²) in [6.07, 6.45) is 6.12. The molecule has 0 amide bonds. The van der Waals surface area contributed by atoms with Gasteiger partial charge in [-0.2, -0.15) is 10.2 Å². The summed E-state index contributed by atoms with van der Waals surface area (Å²) < 4.78 is 0. The van der Waals surface area contributed by atoms with Crippen molar-refractivity contribution in [1.82, 2.24) is 20.1 Å². The van der Waals surface area contributed by atoms with Crippen molar-refractivity contribution in [3.63, 3.8) is 0 Å². The Labute approximate surface area is 176 Å². The minimum Gasteiger partial charge on any atom is -0.376 e. The summed E-state index contributed by atoms with van der Waals surface area (Å²) in [6, 6.07) is 16.2. The van der Waals surface area contributed by atoms with Gasteiger partial charge >= 0.3 is 0 Å². The standard InChI is InChI=1S/C25H24N4O/c30-25(18-29-14-10-22(25)11-15-29)12-8-20-6-7-23(21-9-13-26-27-17-21)28-24(20)16-19-4-2-1-3-5-19/h1-7,9,13,17,22,30H,10-11,14-16,18H2. The highest BCUT2D eigenvalue weighted by atomic mass is 16.3. The van der Waals surface area contributed by atoms with Crippen LogP contribution in [0.2, 0.25) is 0 Å². The van der Waals surface area contributed by atoms with Crippen LogP contribution in [-0.2, 0) is 6.42 Å². The molecule has 0 radical (unpaired) electrons. The van der Waals surface area contributed by atoms with Gasteiger partial charge in [0.25, 0.3) is 0 Å². The number of aromatic nitrogens is 3. The maximum atomic E-state index is 11.2. The molecule has 0 aliphatic carbocycles. The Balaban J connectivity index is 1.51. The maximum absolute atomic E-state index is 11.2. The molecule has 1 aromatic carbocycles. The van der Waals surface area contributed by atoms with Crippen molar-refractivity contribution in [1.29, 1.82) is 0 Å². The first-order valence-corrected chi connectivity index (χ1v) is 10.5. The number of aliphatic hydroxyl groups is 1. The smallest absolute Gasteiger partial charge is 0.141 e. The van der Waals surface area contributed by atoms with Crippen LogP contribution in [0.1, 0.15) is 29.7 Å². The van der Waals surface area contributed by atoms with E-state index in [4.69, 9.17) is 4.98 Å². The number of rotatable bonds is 3. The quantitative estimate of drug-likeness (QED) is 0.690. The highest BCUT2D eigenvalue weighted by Crippen LogP contribution is 2.35. The predicted octanol–water partition coefficient (Wildman–Crippen LogP) is 2.94. The van der Waals surface area contributed by atoms with E-state index >= 15 is 0 Å². The molecule has 1 unspecified atom stereocenters. The third-order valence-corrected chi connectivity index (χ3v) is 6.21. The van der Waals surface area contributed by atoms with E-state index in [2.05, 4.69) is 39.1 Å². The molecule has 2 aromatic heterocycles. The molecule has 150 valence electrons. The zero-order chi connectivity index (χ0) is 20.4. The molecule has 6 rings (SSSR count). The average molecular weight is 396 g/mol. The van der Waals surface area contributed by atoms with E-state index in [-0.39, 0.29) is 5.92 Å². The van der Waals surface area contributed by atoms with Crippen LogP contribution >= 0.6 is 0 Å². The number of pyridine rings is 1. The normalized spacial score (nSPS) is 24.8. The zero-order valence-electron chi connectivity index (χ0n) is 16.8. The van der Waals surface area contributed by atoms with Crippen molar-refractivity contribution in [2.24, 2.45) is 5.92 Å². The lowest BCUT2D eigenvalue weighted by atomic mass is 9.75. The van der Waals surface area contributed by atoms with E-state index in [9.17, 15) is 5.11 Å². The molecule has 3 fully saturated rings. The number of hydrogen-bond donors (Lipinski definition) is 1. The van der Waals surface area contributed by atoms with E-state index in [1.807, 2.05) is 36.4 Å². The number of piperidine rings is 3. The fourth-order valence-corrected chi connectivity index (χ4v) is 4.50.